The van der Waals surface area contributed by atoms with E-state index >= 15 is 0 Å². The fourth-order valence-corrected chi connectivity index (χ4v) is 2.89. The molecule has 0 spiro atoms. The molecule has 0 radical (unpaired) electrons. The van der Waals surface area contributed by atoms with Crippen molar-refractivity contribution in [3.8, 4) is 0 Å². The summed E-state index contributed by atoms with van der Waals surface area (Å²) in [5.74, 6) is 0. The Bertz CT molecular complexity index is 508. The van der Waals surface area contributed by atoms with Crippen LogP contribution in [-0.4, -0.2) is 19.6 Å². The number of rotatable bonds is 3. The lowest BCUT2D eigenvalue weighted by atomic mass is 10.4. The minimum absolute atomic E-state index is 0.517. The van der Waals surface area contributed by atoms with Crippen LogP contribution in [0, 0.1) is 3.70 Å². The molecule has 86 valence electrons. The molecule has 7 heteroatoms. The van der Waals surface area contributed by atoms with Gasteiger partial charge in [0.25, 0.3) is 0 Å². The molecule has 2 rings (SSSR count). The average Bonchev–Trinajstić information content (AvgIpc) is 2.73. The van der Waals surface area contributed by atoms with E-state index in [2.05, 4.69) is 55.6 Å². The molecule has 0 fully saturated rings. The van der Waals surface area contributed by atoms with Crippen LogP contribution in [0.4, 0.5) is 0 Å². The summed E-state index contributed by atoms with van der Waals surface area (Å²) in [5, 5.41) is 8.98. The maximum absolute atomic E-state index is 5.83. The van der Waals surface area contributed by atoms with Crippen LogP contribution in [0.15, 0.2) is 16.9 Å². The maximum atomic E-state index is 5.83. The molecule has 2 aromatic heterocycles. The van der Waals surface area contributed by atoms with Gasteiger partial charge >= 0.3 is 0 Å². The largest absolute Gasteiger partial charge is 0.258 e. The number of halogens is 3. The molecule has 0 bridgehead atoms. The summed E-state index contributed by atoms with van der Waals surface area (Å²) in [5.41, 5.74) is 1.10. The first-order valence-corrected chi connectivity index (χ1v) is 6.95. The van der Waals surface area contributed by atoms with Crippen molar-refractivity contribution in [3.63, 3.8) is 0 Å². The van der Waals surface area contributed by atoms with Gasteiger partial charge in [0.2, 0.25) is 0 Å². The Hall–Kier alpha value is -0.0800. The highest BCUT2D eigenvalue weighted by Gasteiger charge is 2.10. The lowest BCUT2D eigenvalue weighted by Crippen LogP contribution is -2.04. The van der Waals surface area contributed by atoms with Crippen LogP contribution in [0.2, 0.25) is 5.15 Å². The molecule has 0 N–H and O–H groups in total. The van der Waals surface area contributed by atoms with Crippen molar-refractivity contribution >= 4 is 50.1 Å². The molecule has 0 unspecified atom stereocenters. The van der Waals surface area contributed by atoms with E-state index in [0.717, 1.165) is 20.4 Å². The minimum atomic E-state index is 0.517. The molecular formula is C9H9BrClIN4. The molecule has 2 aromatic rings. The topological polar surface area (TPSA) is 35.6 Å². The lowest BCUT2D eigenvalue weighted by molar-refractivity contribution is 0.636. The predicted molar refractivity (Wildman–Crippen MR) is 74.7 cm³/mol. The van der Waals surface area contributed by atoms with Crippen molar-refractivity contribution < 1.29 is 0 Å². The normalized spacial score (nSPS) is 11.0. The van der Waals surface area contributed by atoms with E-state index in [1.807, 2.05) is 21.6 Å². The predicted octanol–water partition coefficient (Wildman–Crippen LogP) is 3.17. The van der Waals surface area contributed by atoms with Crippen LogP contribution in [0.25, 0.3) is 0 Å². The zero-order valence-corrected chi connectivity index (χ0v) is 13.0. The molecular weight excluding hydrogens is 406 g/mol. The molecule has 0 aliphatic heterocycles. The summed E-state index contributed by atoms with van der Waals surface area (Å²) in [6.07, 6.45) is 1.85. The van der Waals surface area contributed by atoms with Crippen LogP contribution in [0.5, 0.6) is 0 Å². The smallest absolute Gasteiger partial charge is 0.152 e. The first kappa shape index (κ1) is 12.4. The van der Waals surface area contributed by atoms with Gasteiger partial charge in [-0.2, -0.15) is 10.2 Å². The Morgan fingerprint density at radius 1 is 1.50 bits per heavy atom. The summed E-state index contributed by atoms with van der Waals surface area (Å²) < 4.78 is 5.76. The van der Waals surface area contributed by atoms with E-state index in [0.29, 0.717) is 11.7 Å². The Labute approximate surface area is 120 Å². The molecule has 0 aliphatic carbocycles. The number of aromatic nitrogens is 4. The third-order valence-electron chi connectivity index (χ3n) is 2.17. The molecule has 0 saturated heterocycles. The summed E-state index contributed by atoms with van der Waals surface area (Å²) in [4.78, 5) is 0. The van der Waals surface area contributed by atoms with Gasteiger partial charge in [0, 0.05) is 18.2 Å². The van der Waals surface area contributed by atoms with Crippen molar-refractivity contribution in [2.75, 3.05) is 0 Å². The minimum Gasteiger partial charge on any atom is -0.258 e. The fraction of sp³-hybridized carbons (Fsp3) is 0.333. The van der Waals surface area contributed by atoms with Gasteiger partial charge in [-0.05, 0) is 45.4 Å². The second kappa shape index (κ2) is 5.05. The number of hydrogen-bond acceptors (Lipinski definition) is 2. The van der Waals surface area contributed by atoms with Crippen LogP contribution in [-0.2, 0) is 13.1 Å². The SMILES string of the molecule is CCn1ncc(Cn2nc(Cl)cc2I)c1Br. The first-order chi connectivity index (χ1) is 7.61. The van der Waals surface area contributed by atoms with Crippen molar-refractivity contribution in [1.29, 1.82) is 0 Å². The summed E-state index contributed by atoms with van der Waals surface area (Å²) >= 11 is 11.6. The number of hydrogen-bond donors (Lipinski definition) is 0. The van der Waals surface area contributed by atoms with E-state index in [9.17, 15) is 0 Å². The third kappa shape index (κ3) is 2.43. The number of nitrogens with zero attached hydrogens (tertiary/aromatic N) is 4. The highest BCUT2D eigenvalue weighted by molar-refractivity contribution is 14.1. The van der Waals surface area contributed by atoms with Gasteiger partial charge in [0.05, 0.1) is 12.7 Å². The van der Waals surface area contributed by atoms with E-state index in [1.54, 1.807) is 0 Å². The molecule has 2 heterocycles. The summed E-state index contributed by atoms with van der Waals surface area (Å²) in [6, 6.07) is 1.83. The highest BCUT2D eigenvalue weighted by Crippen LogP contribution is 2.19. The zero-order chi connectivity index (χ0) is 11.7. The molecule has 0 atom stereocenters. The second-order valence-electron chi connectivity index (χ2n) is 3.22. The lowest BCUT2D eigenvalue weighted by Gasteiger charge is -2.02. The quantitative estimate of drug-likeness (QED) is 0.722. The Morgan fingerprint density at radius 3 is 2.75 bits per heavy atom. The molecule has 16 heavy (non-hydrogen) atoms. The van der Waals surface area contributed by atoms with Gasteiger partial charge in [-0.3, -0.25) is 9.36 Å². The van der Waals surface area contributed by atoms with E-state index in [1.165, 1.54) is 0 Å². The van der Waals surface area contributed by atoms with Gasteiger partial charge in [-0.25, -0.2) is 0 Å². The van der Waals surface area contributed by atoms with Crippen molar-refractivity contribution in [2.24, 2.45) is 0 Å². The van der Waals surface area contributed by atoms with Gasteiger partial charge in [0.15, 0.2) is 5.15 Å². The van der Waals surface area contributed by atoms with Crippen LogP contribution in [0.1, 0.15) is 12.5 Å². The fourth-order valence-electron chi connectivity index (χ4n) is 1.37. The van der Waals surface area contributed by atoms with Crippen molar-refractivity contribution in [3.05, 3.63) is 31.3 Å². The van der Waals surface area contributed by atoms with Gasteiger partial charge in [-0.15, -0.1) is 0 Å². The maximum Gasteiger partial charge on any atom is 0.152 e. The number of aryl methyl sites for hydroxylation is 1. The summed E-state index contributed by atoms with van der Waals surface area (Å²) in [6.45, 7) is 3.57. The zero-order valence-electron chi connectivity index (χ0n) is 8.49. The van der Waals surface area contributed by atoms with E-state index in [4.69, 9.17) is 11.6 Å². The highest BCUT2D eigenvalue weighted by atomic mass is 127. The monoisotopic (exact) mass is 414 g/mol. The van der Waals surface area contributed by atoms with Crippen LogP contribution in [0.3, 0.4) is 0 Å². The molecule has 0 aliphatic rings. The van der Waals surface area contributed by atoms with Crippen molar-refractivity contribution in [2.45, 2.75) is 20.0 Å². The van der Waals surface area contributed by atoms with Crippen LogP contribution >= 0.6 is 50.1 Å². The third-order valence-corrected chi connectivity index (χ3v) is 4.14. The Kier molecular flexibility index (Phi) is 3.91. The first-order valence-electron chi connectivity index (χ1n) is 4.71. The Morgan fingerprint density at radius 2 is 2.25 bits per heavy atom. The Balaban J connectivity index is 2.27. The summed E-state index contributed by atoms with van der Waals surface area (Å²) in [7, 11) is 0. The van der Waals surface area contributed by atoms with E-state index < -0.39 is 0 Å². The standard InChI is InChI=1S/C9H9BrClIN4/c1-2-15-9(10)6(4-13-15)5-16-8(12)3-7(11)14-16/h3-4H,2,5H2,1H3. The molecule has 0 aromatic carbocycles. The van der Waals surface area contributed by atoms with Gasteiger partial charge in [-0.1, -0.05) is 11.6 Å². The second-order valence-corrected chi connectivity index (χ2v) is 5.47. The van der Waals surface area contributed by atoms with Gasteiger partial charge in [0.1, 0.15) is 8.30 Å². The molecule has 4 nitrogen and oxygen atoms in total. The van der Waals surface area contributed by atoms with E-state index in [-0.39, 0.29) is 0 Å². The van der Waals surface area contributed by atoms with Crippen LogP contribution < -0.4 is 0 Å². The average molecular weight is 415 g/mol. The molecule has 0 saturated carbocycles. The van der Waals surface area contributed by atoms with Gasteiger partial charge < -0.3 is 0 Å². The van der Waals surface area contributed by atoms with Crippen molar-refractivity contribution in [1.82, 2.24) is 19.6 Å². The molecule has 0 amide bonds.